The van der Waals surface area contributed by atoms with Gasteiger partial charge in [-0.05, 0) is 36.5 Å². The molecule has 0 heterocycles. The van der Waals surface area contributed by atoms with E-state index in [1.165, 1.54) is 32.1 Å². The molecule has 1 fully saturated rings. The van der Waals surface area contributed by atoms with Crippen LogP contribution in [0.25, 0.3) is 0 Å². The van der Waals surface area contributed by atoms with Gasteiger partial charge in [-0.1, -0.05) is 64.8 Å². The molecule has 2 nitrogen and oxygen atoms in total. The smallest absolute Gasteiger partial charge is 0.156 e. The van der Waals surface area contributed by atoms with Gasteiger partial charge in [0, 0.05) is 18.8 Å². The van der Waals surface area contributed by atoms with Crippen molar-refractivity contribution in [3.05, 3.63) is 12.7 Å². The zero-order valence-corrected chi connectivity index (χ0v) is 16.1. The van der Waals surface area contributed by atoms with Crippen molar-refractivity contribution in [1.82, 2.24) is 5.32 Å². The fourth-order valence-corrected chi connectivity index (χ4v) is 4.44. The highest BCUT2D eigenvalue weighted by atomic mass is 32.2. The molecule has 0 aromatic heterocycles. The fourth-order valence-electron chi connectivity index (χ4n) is 3.81. The van der Waals surface area contributed by atoms with Gasteiger partial charge in [0.2, 0.25) is 0 Å². The van der Waals surface area contributed by atoms with Crippen LogP contribution in [-0.2, 0) is 0 Å². The number of nitrogens with zero attached hydrogens (tertiary/aromatic N) is 1. The molecule has 1 rings (SSSR count). The summed E-state index contributed by atoms with van der Waals surface area (Å²) in [6, 6.07) is 0.578. The van der Waals surface area contributed by atoms with Gasteiger partial charge in [0.25, 0.3) is 0 Å². The van der Waals surface area contributed by atoms with Crippen LogP contribution in [0.3, 0.4) is 0 Å². The van der Waals surface area contributed by atoms with Crippen molar-refractivity contribution in [3.63, 3.8) is 0 Å². The molecule has 0 spiro atoms. The van der Waals surface area contributed by atoms with Crippen LogP contribution in [-0.4, -0.2) is 24.0 Å². The van der Waals surface area contributed by atoms with Crippen molar-refractivity contribution in [2.75, 3.05) is 12.8 Å². The minimum atomic E-state index is 0.578. The summed E-state index contributed by atoms with van der Waals surface area (Å²) < 4.78 is 0. The lowest BCUT2D eigenvalue weighted by Crippen LogP contribution is -2.50. The predicted molar refractivity (Wildman–Crippen MR) is 103 cm³/mol. The Morgan fingerprint density at radius 3 is 2.18 bits per heavy atom. The molecule has 0 aromatic rings. The fraction of sp³-hybridized carbons (Fsp3) is 0.842. The largest absolute Gasteiger partial charge is 0.362 e. The van der Waals surface area contributed by atoms with Crippen molar-refractivity contribution in [2.45, 2.75) is 65.8 Å². The summed E-state index contributed by atoms with van der Waals surface area (Å²) in [5.74, 6) is 4.05. The van der Waals surface area contributed by atoms with E-state index in [1.54, 1.807) is 11.8 Å². The molecule has 0 bridgehead atoms. The van der Waals surface area contributed by atoms with Gasteiger partial charge in [-0.25, -0.2) is 0 Å². The van der Waals surface area contributed by atoms with E-state index in [0.29, 0.717) is 6.04 Å². The van der Waals surface area contributed by atoms with Gasteiger partial charge in [-0.2, -0.15) is 0 Å². The Kier molecular flexibility index (Phi) is 9.23. The summed E-state index contributed by atoms with van der Waals surface area (Å²) in [5, 5.41) is 4.93. The Bertz CT molecular complexity index is 335. The van der Waals surface area contributed by atoms with Crippen molar-refractivity contribution < 1.29 is 0 Å². The molecule has 0 aromatic carbocycles. The van der Waals surface area contributed by atoms with E-state index in [0.717, 1.165) is 34.6 Å². The number of thioether (sulfide) groups is 1. The summed E-state index contributed by atoms with van der Waals surface area (Å²) >= 11 is 1.78. The first kappa shape index (κ1) is 19.6. The van der Waals surface area contributed by atoms with Gasteiger partial charge in [0.1, 0.15) is 0 Å². The second-order valence-corrected chi connectivity index (χ2v) is 7.84. The van der Waals surface area contributed by atoms with Crippen LogP contribution >= 0.6 is 11.8 Å². The van der Waals surface area contributed by atoms with Gasteiger partial charge in [-0.3, -0.25) is 4.99 Å². The third kappa shape index (κ3) is 5.33. The van der Waals surface area contributed by atoms with Gasteiger partial charge >= 0.3 is 0 Å². The number of nitrogens with one attached hydrogen (secondary N) is 1. The first-order valence-electron chi connectivity index (χ1n) is 9.05. The standard InChI is InChI=1S/C19H36N2S/c1-7-13-22-19(20-6)21-18-16(14(4)8-2)11-10-12-17(18)15(5)9-3/h7,14-18H,1,8-13H2,2-6H3,(H,20,21). The molecule has 0 radical (unpaired) electrons. The van der Waals surface area contributed by atoms with Crippen LogP contribution in [0.5, 0.6) is 0 Å². The Morgan fingerprint density at radius 2 is 1.77 bits per heavy atom. The SMILES string of the molecule is C=CCSC(=NC)NC1C(C(C)CC)CCCC1C(C)CC. The van der Waals surface area contributed by atoms with Crippen LogP contribution in [0.2, 0.25) is 0 Å². The molecule has 1 aliphatic carbocycles. The van der Waals surface area contributed by atoms with E-state index in [-0.39, 0.29) is 0 Å². The average Bonchev–Trinajstić information content (AvgIpc) is 2.56. The number of amidine groups is 1. The first-order valence-corrected chi connectivity index (χ1v) is 10.0. The van der Waals surface area contributed by atoms with Gasteiger partial charge < -0.3 is 5.32 Å². The maximum Gasteiger partial charge on any atom is 0.156 e. The Labute approximate surface area is 142 Å². The predicted octanol–water partition coefficient (Wildman–Crippen LogP) is 5.36. The quantitative estimate of drug-likeness (QED) is 0.387. The summed E-state index contributed by atoms with van der Waals surface area (Å²) in [7, 11) is 1.90. The molecule has 3 heteroatoms. The lowest BCUT2D eigenvalue weighted by atomic mass is 9.67. The Hall–Kier alpha value is -0.440. The molecule has 0 saturated heterocycles. The Morgan fingerprint density at radius 1 is 1.23 bits per heavy atom. The van der Waals surface area contributed by atoms with E-state index < -0.39 is 0 Å². The van der Waals surface area contributed by atoms with Crippen LogP contribution in [0, 0.1) is 23.7 Å². The van der Waals surface area contributed by atoms with Crippen molar-refractivity contribution >= 4 is 16.9 Å². The lowest BCUT2D eigenvalue weighted by Gasteiger charge is -2.44. The minimum absolute atomic E-state index is 0.578. The zero-order valence-electron chi connectivity index (χ0n) is 15.3. The third-order valence-electron chi connectivity index (χ3n) is 5.58. The minimum Gasteiger partial charge on any atom is -0.362 e. The summed E-state index contributed by atoms with van der Waals surface area (Å²) in [5.41, 5.74) is 0. The van der Waals surface area contributed by atoms with Crippen LogP contribution in [0.15, 0.2) is 17.6 Å². The van der Waals surface area contributed by atoms with E-state index >= 15 is 0 Å². The van der Waals surface area contributed by atoms with E-state index in [4.69, 9.17) is 0 Å². The van der Waals surface area contributed by atoms with E-state index in [2.05, 4.69) is 44.6 Å². The maximum atomic E-state index is 4.48. The molecule has 4 atom stereocenters. The normalized spacial score (nSPS) is 29.0. The van der Waals surface area contributed by atoms with Gasteiger partial charge in [-0.15, -0.1) is 6.58 Å². The summed E-state index contributed by atoms with van der Waals surface area (Å²) in [4.78, 5) is 4.48. The third-order valence-corrected chi connectivity index (χ3v) is 6.55. The molecule has 22 heavy (non-hydrogen) atoms. The van der Waals surface area contributed by atoms with Crippen molar-refractivity contribution in [1.29, 1.82) is 0 Å². The molecule has 4 unspecified atom stereocenters. The molecule has 0 aliphatic heterocycles. The number of hydrogen-bond donors (Lipinski definition) is 1. The second-order valence-electron chi connectivity index (χ2n) is 6.83. The second kappa shape index (κ2) is 10.4. The lowest BCUT2D eigenvalue weighted by molar-refractivity contribution is 0.113. The highest BCUT2D eigenvalue weighted by Gasteiger charge is 2.38. The van der Waals surface area contributed by atoms with Crippen molar-refractivity contribution in [2.24, 2.45) is 28.7 Å². The van der Waals surface area contributed by atoms with Crippen LogP contribution in [0.1, 0.15) is 59.8 Å². The maximum absolute atomic E-state index is 4.48. The van der Waals surface area contributed by atoms with Gasteiger partial charge in [0.15, 0.2) is 5.17 Å². The number of hydrogen-bond acceptors (Lipinski definition) is 2. The molecular weight excluding hydrogens is 288 g/mol. The van der Waals surface area contributed by atoms with E-state index in [1.807, 2.05) is 13.1 Å². The molecule has 1 saturated carbocycles. The van der Waals surface area contributed by atoms with Gasteiger partial charge in [0.05, 0.1) is 0 Å². The highest BCUT2D eigenvalue weighted by molar-refractivity contribution is 8.13. The number of aliphatic imine (C=N–C) groups is 1. The monoisotopic (exact) mass is 324 g/mol. The molecule has 1 N–H and O–H groups in total. The first-order chi connectivity index (χ1) is 10.6. The van der Waals surface area contributed by atoms with Crippen LogP contribution in [0.4, 0.5) is 0 Å². The molecular formula is C19H36N2S. The van der Waals surface area contributed by atoms with E-state index in [9.17, 15) is 0 Å². The molecule has 128 valence electrons. The van der Waals surface area contributed by atoms with Crippen molar-refractivity contribution in [3.8, 4) is 0 Å². The zero-order chi connectivity index (χ0) is 16.5. The Balaban J connectivity index is 2.91. The van der Waals surface area contributed by atoms with Crippen LogP contribution < -0.4 is 5.32 Å². The molecule has 0 amide bonds. The summed E-state index contributed by atoms with van der Waals surface area (Å²) in [6.07, 6.45) is 8.62. The number of rotatable bonds is 7. The topological polar surface area (TPSA) is 24.4 Å². The average molecular weight is 325 g/mol. The summed E-state index contributed by atoms with van der Waals surface area (Å²) in [6.45, 7) is 13.3. The molecule has 1 aliphatic rings. The highest BCUT2D eigenvalue weighted by Crippen LogP contribution is 2.39.